The lowest BCUT2D eigenvalue weighted by Crippen LogP contribution is -2.70. The molecule has 8 atom stereocenters. The highest BCUT2D eigenvalue weighted by atomic mass is 14.8. The predicted octanol–water partition coefficient (Wildman–Crippen LogP) is 4.84. The Morgan fingerprint density at radius 2 is 1.65 bits per heavy atom. The van der Waals surface area contributed by atoms with E-state index in [9.17, 15) is 0 Å². The van der Waals surface area contributed by atoms with Crippen molar-refractivity contribution in [3.63, 3.8) is 0 Å². The average Bonchev–Trinajstić information content (AvgIpc) is 2.32. The maximum Gasteiger partial charge on any atom is -0.0209 e. The minimum absolute atomic E-state index is 0.714. The van der Waals surface area contributed by atoms with Gasteiger partial charge in [-0.25, -0.2) is 0 Å². The van der Waals surface area contributed by atoms with Crippen molar-refractivity contribution in [2.24, 2.45) is 52.8 Å². The molecule has 0 aromatic carbocycles. The van der Waals surface area contributed by atoms with Gasteiger partial charge in [-0.15, -0.1) is 0 Å². The van der Waals surface area contributed by atoms with E-state index in [0.29, 0.717) is 5.41 Å². The van der Waals surface area contributed by atoms with Gasteiger partial charge >= 0.3 is 0 Å². The lowest BCUT2D eigenvalue weighted by atomic mass is 9.30. The smallest absolute Gasteiger partial charge is 0.0209 e. The second kappa shape index (κ2) is 3.52. The van der Waals surface area contributed by atoms with Crippen LogP contribution in [0.15, 0.2) is 0 Å². The SMILES string of the molecule is CC1CC2C(C)C3C(C)C(C(C)C)(CC1C)C23. The first kappa shape index (κ1) is 12.1. The van der Waals surface area contributed by atoms with Crippen LogP contribution in [0.3, 0.4) is 0 Å². The van der Waals surface area contributed by atoms with E-state index in [1.54, 1.807) is 0 Å². The molecule has 0 heterocycles. The van der Waals surface area contributed by atoms with E-state index in [0.717, 1.165) is 47.3 Å². The summed E-state index contributed by atoms with van der Waals surface area (Å²) in [6.45, 7) is 15.1. The van der Waals surface area contributed by atoms with Gasteiger partial charge in [0.15, 0.2) is 0 Å². The Kier molecular flexibility index (Phi) is 2.49. The van der Waals surface area contributed by atoms with Gasteiger partial charge in [-0.05, 0) is 65.6 Å². The van der Waals surface area contributed by atoms with Crippen LogP contribution in [0.1, 0.15) is 54.4 Å². The minimum atomic E-state index is 0.714. The van der Waals surface area contributed by atoms with Crippen molar-refractivity contribution in [3.05, 3.63) is 0 Å². The zero-order valence-corrected chi connectivity index (χ0v) is 12.5. The first-order valence-corrected chi connectivity index (χ1v) is 7.91. The summed E-state index contributed by atoms with van der Waals surface area (Å²) < 4.78 is 0. The molecule has 0 aliphatic heterocycles. The van der Waals surface area contributed by atoms with E-state index in [1.807, 2.05) is 0 Å². The molecule has 0 nitrogen and oxygen atoms in total. The van der Waals surface area contributed by atoms with Crippen LogP contribution < -0.4 is 0 Å². The maximum atomic E-state index is 2.57. The zero-order valence-electron chi connectivity index (χ0n) is 12.5. The fourth-order valence-electron chi connectivity index (χ4n) is 6.40. The molecule has 98 valence electrons. The van der Waals surface area contributed by atoms with E-state index < -0.39 is 0 Å². The highest BCUT2D eigenvalue weighted by Gasteiger charge is 2.72. The third-order valence-electron chi connectivity index (χ3n) is 7.57. The largest absolute Gasteiger partial charge is 0.0622 e. The molecule has 8 unspecified atom stereocenters. The van der Waals surface area contributed by atoms with Crippen molar-refractivity contribution in [3.8, 4) is 0 Å². The van der Waals surface area contributed by atoms with Crippen LogP contribution in [0.4, 0.5) is 0 Å². The van der Waals surface area contributed by atoms with Gasteiger partial charge in [0.25, 0.3) is 0 Å². The third kappa shape index (κ3) is 1.21. The summed E-state index contributed by atoms with van der Waals surface area (Å²) in [7, 11) is 0. The molecule has 3 aliphatic carbocycles. The summed E-state index contributed by atoms with van der Waals surface area (Å²) in [4.78, 5) is 0. The van der Waals surface area contributed by atoms with Gasteiger partial charge in [0.05, 0.1) is 0 Å². The molecule has 0 N–H and O–H groups in total. The third-order valence-corrected chi connectivity index (χ3v) is 7.57. The molecule has 0 saturated heterocycles. The fourth-order valence-corrected chi connectivity index (χ4v) is 6.40. The van der Waals surface area contributed by atoms with Gasteiger partial charge in [-0.3, -0.25) is 0 Å². The molecule has 3 fully saturated rings. The van der Waals surface area contributed by atoms with Gasteiger partial charge in [0.2, 0.25) is 0 Å². The molecule has 0 bridgehead atoms. The summed E-state index contributed by atoms with van der Waals surface area (Å²) in [5, 5.41) is 0. The molecular formula is C17H30. The summed E-state index contributed by atoms with van der Waals surface area (Å²) in [5.41, 5.74) is 0.714. The number of hydrogen-bond donors (Lipinski definition) is 0. The highest BCUT2D eigenvalue weighted by Crippen LogP contribution is 2.77. The van der Waals surface area contributed by atoms with Crippen molar-refractivity contribution >= 4 is 0 Å². The van der Waals surface area contributed by atoms with E-state index in [-0.39, 0.29) is 0 Å². The van der Waals surface area contributed by atoms with Crippen molar-refractivity contribution < 1.29 is 0 Å². The second-order valence-corrected chi connectivity index (χ2v) is 8.08. The molecule has 3 aliphatic rings. The van der Waals surface area contributed by atoms with Gasteiger partial charge in [0, 0.05) is 0 Å². The highest BCUT2D eigenvalue weighted by molar-refractivity contribution is 5.19. The van der Waals surface area contributed by atoms with Crippen LogP contribution in [0.25, 0.3) is 0 Å². The van der Waals surface area contributed by atoms with Gasteiger partial charge < -0.3 is 0 Å². The Morgan fingerprint density at radius 1 is 1.00 bits per heavy atom. The Hall–Kier alpha value is 0. The van der Waals surface area contributed by atoms with E-state index in [4.69, 9.17) is 0 Å². The average molecular weight is 234 g/mol. The van der Waals surface area contributed by atoms with Crippen LogP contribution in [-0.2, 0) is 0 Å². The molecule has 3 rings (SSSR count). The molecule has 0 amide bonds. The molecule has 0 radical (unpaired) electrons. The second-order valence-electron chi connectivity index (χ2n) is 8.08. The lowest BCUT2D eigenvalue weighted by molar-refractivity contribution is -0.274. The summed E-state index contributed by atoms with van der Waals surface area (Å²) in [6, 6.07) is 0. The van der Waals surface area contributed by atoms with Crippen LogP contribution in [0, 0.1) is 52.8 Å². The van der Waals surface area contributed by atoms with E-state index in [2.05, 4.69) is 41.5 Å². The van der Waals surface area contributed by atoms with Crippen molar-refractivity contribution in [1.82, 2.24) is 0 Å². The van der Waals surface area contributed by atoms with Crippen molar-refractivity contribution in [2.75, 3.05) is 0 Å². The normalized spacial score (nSPS) is 61.2. The molecule has 17 heavy (non-hydrogen) atoms. The quantitative estimate of drug-likeness (QED) is 0.609. The Morgan fingerprint density at radius 3 is 2.24 bits per heavy atom. The Labute approximate surface area is 108 Å². The number of rotatable bonds is 1. The molecule has 0 aromatic heterocycles. The van der Waals surface area contributed by atoms with Gasteiger partial charge in [-0.2, -0.15) is 0 Å². The summed E-state index contributed by atoms with van der Waals surface area (Å²) in [5.74, 6) is 8.05. The predicted molar refractivity (Wildman–Crippen MR) is 73.6 cm³/mol. The van der Waals surface area contributed by atoms with Crippen LogP contribution in [0.2, 0.25) is 0 Å². The topological polar surface area (TPSA) is 0 Å². The van der Waals surface area contributed by atoms with Crippen LogP contribution in [0.5, 0.6) is 0 Å². The monoisotopic (exact) mass is 234 g/mol. The maximum absolute atomic E-state index is 2.57. The molecule has 3 saturated carbocycles. The van der Waals surface area contributed by atoms with Crippen LogP contribution >= 0.6 is 0 Å². The Balaban J connectivity index is 1.97. The summed E-state index contributed by atoms with van der Waals surface area (Å²) in [6.07, 6.45) is 3.03. The standard InChI is InChI=1S/C17H30/c1-9(2)17-8-11(4)10(3)7-14-12(5)15(13(17)6)16(14)17/h9-16H,7-8H2,1-6H3. The first-order valence-electron chi connectivity index (χ1n) is 7.91. The molecule has 0 heteroatoms. The fraction of sp³-hybridized carbons (Fsp3) is 1.00. The molecular weight excluding hydrogens is 204 g/mol. The molecule has 0 aromatic rings. The number of hydrogen-bond acceptors (Lipinski definition) is 0. The minimum Gasteiger partial charge on any atom is -0.0622 e. The lowest BCUT2D eigenvalue weighted by Gasteiger charge is -2.75. The summed E-state index contributed by atoms with van der Waals surface area (Å²) >= 11 is 0. The van der Waals surface area contributed by atoms with E-state index >= 15 is 0 Å². The molecule has 0 spiro atoms. The van der Waals surface area contributed by atoms with Crippen molar-refractivity contribution in [2.45, 2.75) is 54.4 Å². The van der Waals surface area contributed by atoms with E-state index in [1.165, 1.54) is 12.8 Å². The van der Waals surface area contributed by atoms with Gasteiger partial charge in [-0.1, -0.05) is 41.5 Å². The Bertz CT molecular complexity index is 318. The zero-order chi connectivity index (χ0) is 12.5. The van der Waals surface area contributed by atoms with Gasteiger partial charge in [0.1, 0.15) is 0 Å². The van der Waals surface area contributed by atoms with Crippen LogP contribution in [-0.4, -0.2) is 0 Å². The van der Waals surface area contributed by atoms with Crippen molar-refractivity contribution in [1.29, 1.82) is 0 Å². The first-order chi connectivity index (χ1) is 7.91.